The van der Waals surface area contributed by atoms with Gasteiger partial charge in [-0.25, -0.2) is 0 Å². The number of imide groups is 1. The lowest BCUT2D eigenvalue weighted by atomic mass is 10.0. The van der Waals surface area contributed by atoms with E-state index in [9.17, 15) is 9.59 Å². The van der Waals surface area contributed by atoms with Crippen LogP contribution in [-0.2, 0) is 9.59 Å². The fourth-order valence-electron chi connectivity index (χ4n) is 1.43. The summed E-state index contributed by atoms with van der Waals surface area (Å²) >= 11 is 0. The Morgan fingerprint density at radius 3 is 2.71 bits per heavy atom. The summed E-state index contributed by atoms with van der Waals surface area (Å²) < 4.78 is 0. The number of hydroxylamine groups is 2. The summed E-state index contributed by atoms with van der Waals surface area (Å²) in [6, 6.07) is 5.12. The van der Waals surface area contributed by atoms with Crippen LogP contribution in [0.4, 0.5) is 0 Å². The van der Waals surface area contributed by atoms with Gasteiger partial charge in [-0.05, 0) is 12.1 Å². The number of pyridine rings is 1. The van der Waals surface area contributed by atoms with Gasteiger partial charge in [0.1, 0.15) is 0 Å². The lowest BCUT2D eigenvalue weighted by Crippen LogP contribution is -2.26. The van der Waals surface area contributed by atoms with E-state index in [4.69, 9.17) is 5.21 Å². The predicted molar refractivity (Wildman–Crippen MR) is 45.2 cm³/mol. The molecule has 0 aromatic carbocycles. The van der Waals surface area contributed by atoms with Crippen LogP contribution in [0.5, 0.6) is 0 Å². The van der Waals surface area contributed by atoms with E-state index in [0.717, 1.165) is 0 Å². The minimum atomic E-state index is -0.631. The third-order valence-corrected chi connectivity index (χ3v) is 2.17. The van der Waals surface area contributed by atoms with Crippen molar-refractivity contribution in [1.29, 1.82) is 0 Å². The zero-order chi connectivity index (χ0) is 10.1. The van der Waals surface area contributed by atoms with Crippen molar-refractivity contribution in [2.75, 3.05) is 0 Å². The molecule has 0 radical (unpaired) electrons. The van der Waals surface area contributed by atoms with E-state index in [1.165, 1.54) is 0 Å². The number of amides is 2. The van der Waals surface area contributed by atoms with Gasteiger partial charge >= 0.3 is 0 Å². The molecular formula is C9H8N2O3. The summed E-state index contributed by atoms with van der Waals surface area (Å²) in [6.45, 7) is 0. The maximum Gasteiger partial charge on any atom is 0.262 e. The number of rotatable bonds is 1. The Balaban J connectivity index is 2.30. The van der Waals surface area contributed by atoms with Crippen LogP contribution in [0, 0.1) is 0 Å². The van der Waals surface area contributed by atoms with Gasteiger partial charge < -0.3 is 0 Å². The highest BCUT2D eigenvalue weighted by atomic mass is 16.5. The summed E-state index contributed by atoms with van der Waals surface area (Å²) in [5.41, 5.74) is 0.516. The normalized spacial score (nSPS) is 21.8. The highest BCUT2D eigenvalue weighted by molar-refractivity contribution is 6.04. The fraction of sp³-hybridized carbons (Fsp3) is 0.222. The maximum atomic E-state index is 11.3. The Bertz CT molecular complexity index is 377. The number of carbonyl (C=O) groups excluding carboxylic acids is 2. The monoisotopic (exact) mass is 192 g/mol. The zero-order valence-electron chi connectivity index (χ0n) is 7.25. The molecule has 1 fully saturated rings. The molecule has 2 amide bonds. The van der Waals surface area contributed by atoms with Gasteiger partial charge in [-0.1, -0.05) is 6.07 Å². The molecule has 14 heavy (non-hydrogen) atoms. The smallest absolute Gasteiger partial charge is 0.262 e. The first-order valence-electron chi connectivity index (χ1n) is 4.17. The Labute approximate surface area is 79.9 Å². The number of aromatic nitrogens is 1. The molecular weight excluding hydrogens is 184 g/mol. The number of hydrogen-bond donors (Lipinski definition) is 1. The van der Waals surface area contributed by atoms with Gasteiger partial charge in [-0.15, -0.1) is 0 Å². The van der Waals surface area contributed by atoms with Crippen LogP contribution < -0.4 is 0 Å². The van der Waals surface area contributed by atoms with Gasteiger partial charge in [0.2, 0.25) is 0 Å². The van der Waals surface area contributed by atoms with Crippen molar-refractivity contribution in [2.45, 2.75) is 12.3 Å². The average molecular weight is 192 g/mol. The van der Waals surface area contributed by atoms with Gasteiger partial charge in [-0.2, -0.15) is 5.06 Å². The van der Waals surface area contributed by atoms with Crippen LogP contribution >= 0.6 is 0 Å². The predicted octanol–water partition coefficient (Wildman–Crippen LogP) is 0.313. The van der Waals surface area contributed by atoms with Crippen molar-refractivity contribution in [2.24, 2.45) is 0 Å². The summed E-state index contributed by atoms with van der Waals surface area (Å²) in [5.74, 6) is -1.81. The molecule has 1 atom stereocenters. The molecule has 1 unspecified atom stereocenters. The largest absolute Gasteiger partial charge is 0.278 e. The third kappa shape index (κ3) is 1.27. The standard InChI is InChI=1S/C9H8N2O3/c12-8-5-6(9(13)11(8)14)7-3-1-2-4-10-7/h1-4,6,14H,5H2. The minimum Gasteiger partial charge on any atom is -0.278 e. The number of hydrogen-bond acceptors (Lipinski definition) is 4. The molecule has 5 nitrogen and oxygen atoms in total. The summed E-state index contributed by atoms with van der Waals surface area (Å²) in [7, 11) is 0. The van der Waals surface area contributed by atoms with E-state index in [2.05, 4.69) is 4.98 Å². The topological polar surface area (TPSA) is 70.5 Å². The first-order valence-corrected chi connectivity index (χ1v) is 4.17. The molecule has 72 valence electrons. The van der Waals surface area contributed by atoms with E-state index in [0.29, 0.717) is 5.69 Å². The van der Waals surface area contributed by atoms with Crippen LogP contribution in [-0.4, -0.2) is 27.1 Å². The highest BCUT2D eigenvalue weighted by Gasteiger charge is 2.39. The molecule has 2 heterocycles. The van der Waals surface area contributed by atoms with Crippen molar-refractivity contribution in [3.63, 3.8) is 0 Å². The van der Waals surface area contributed by atoms with Gasteiger partial charge in [-0.3, -0.25) is 19.8 Å². The second-order valence-electron chi connectivity index (χ2n) is 3.06. The molecule has 1 aliphatic rings. The Hall–Kier alpha value is -1.75. The van der Waals surface area contributed by atoms with E-state index < -0.39 is 17.7 Å². The highest BCUT2D eigenvalue weighted by Crippen LogP contribution is 2.26. The van der Waals surface area contributed by atoms with Crippen LogP contribution in [0.15, 0.2) is 24.4 Å². The lowest BCUT2D eigenvalue weighted by molar-refractivity contribution is -0.171. The summed E-state index contributed by atoms with van der Waals surface area (Å²) in [5, 5.41) is 9.17. The number of nitrogens with zero attached hydrogens (tertiary/aromatic N) is 2. The molecule has 1 aromatic rings. The summed E-state index contributed by atoms with van der Waals surface area (Å²) in [4.78, 5) is 26.3. The molecule has 0 saturated carbocycles. The van der Waals surface area contributed by atoms with E-state index >= 15 is 0 Å². The van der Waals surface area contributed by atoms with Gasteiger partial charge in [0.25, 0.3) is 11.8 Å². The summed E-state index contributed by atoms with van der Waals surface area (Å²) in [6.07, 6.45) is 1.54. The van der Waals surface area contributed by atoms with Crippen LogP contribution in [0.1, 0.15) is 18.0 Å². The molecule has 1 aliphatic heterocycles. The van der Waals surface area contributed by atoms with Crippen molar-refractivity contribution in [1.82, 2.24) is 10.0 Å². The first kappa shape index (κ1) is 8.83. The van der Waals surface area contributed by atoms with Gasteiger partial charge in [0.05, 0.1) is 11.6 Å². The van der Waals surface area contributed by atoms with Crippen molar-refractivity contribution in [3.8, 4) is 0 Å². The Morgan fingerprint density at radius 1 is 1.43 bits per heavy atom. The molecule has 1 saturated heterocycles. The van der Waals surface area contributed by atoms with Crippen LogP contribution in [0.3, 0.4) is 0 Å². The Kier molecular flexibility index (Phi) is 2.01. The van der Waals surface area contributed by atoms with E-state index in [1.54, 1.807) is 24.4 Å². The Morgan fingerprint density at radius 2 is 2.21 bits per heavy atom. The molecule has 1 N–H and O–H groups in total. The quantitative estimate of drug-likeness (QED) is 0.513. The minimum absolute atomic E-state index is 0.00759. The molecule has 0 aliphatic carbocycles. The van der Waals surface area contributed by atoms with E-state index in [-0.39, 0.29) is 11.5 Å². The molecule has 0 bridgehead atoms. The second kappa shape index (κ2) is 3.19. The fourth-order valence-corrected chi connectivity index (χ4v) is 1.43. The zero-order valence-corrected chi connectivity index (χ0v) is 7.25. The van der Waals surface area contributed by atoms with E-state index in [1.807, 2.05) is 0 Å². The lowest BCUT2D eigenvalue weighted by Gasteiger charge is -2.05. The second-order valence-corrected chi connectivity index (χ2v) is 3.06. The van der Waals surface area contributed by atoms with Crippen LogP contribution in [0.2, 0.25) is 0 Å². The first-order chi connectivity index (χ1) is 6.70. The molecule has 0 spiro atoms. The van der Waals surface area contributed by atoms with Crippen molar-refractivity contribution in [3.05, 3.63) is 30.1 Å². The molecule has 2 rings (SSSR count). The average Bonchev–Trinajstić information content (AvgIpc) is 2.47. The van der Waals surface area contributed by atoms with Gasteiger partial charge in [0.15, 0.2) is 0 Å². The maximum absolute atomic E-state index is 11.3. The SMILES string of the molecule is O=C1CC(c2ccccn2)C(=O)N1O. The van der Waals surface area contributed by atoms with Crippen molar-refractivity contribution < 1.29 is 14.8 Å². The van der Waals surface area contributed by atoms with Crippen LogP contribution in [0.25, 0.3) is 0 Å². The van der Waals surface area contributed by atoms with Gasteiger partial charge in [0, 0.05) is 12.6 Å². The molecule has 5 heteroatoms. The molecule has 1 aromatic heterocycles. The van der Waals surface area contributed by atoms with Crippen molar-refractivity contribution >= 4 is 11.8 Å². The third-order valence-electron chi connectivity index (χ3n) is 2.17. The number of carbonyl (C=O) groups is 2.